The fourth-order valence-corrected chi connectivity index (χ4v) is 3.11. The second kappa shape index (κ2) is 10.7. The normalized spacial score (nSPS) is 13.5. The molecule has 0 spiro atoms. The maximum atomic E-state index is 12.6. The number of fused-ring (bicyclic) bond motifs is 1. The van der Waals surface area contributed by atoms with E-state index >= 15 is 0 Å². The van der Waals surface area contributed by atoms with Crippen LogP contribution in [0.2, 0.25) is 0 Å². The average molecular weight is 417 g/mol. The van der Waals surface area contributed by atoms with Crippen molar-refractivity contribution in [2.75, 3.05) is 34.0 Å². The molecule has 8 nitrogen and oxygen atoms in total. The van der Waals surface area contributed by atoms with Crippen molar-refractivity contribution in [3.05, 3.63) is 46.6 Å². The molecule has 8 heteroatoms. The molecule has 0 saturated heterocycles. The number of hydrogen-bond donors (Lipinski definition) is 1. The van der Waals surface area contributed by atoms with Crippen LogP contribution >= 0.6 is 0 Å². The lowest BCUT2D eigenvalue weighted by Crippen LogP contribution is -2.20. The molecule has 2 N–H and O–H groups in total. The number of allylic oxidation sites excluding steroid dienone is 3. The lowest BCUT2D eigenvalue weighted by atomic mass is 9.88. The zero-order valence-corrected chi connectivity index (χ0v) is 17.7. The van der Waals surface area contributed by atoms with Crippen molar-refractivity contribution >= 4 is 17.5 Å². The predicted octanol–water partition coefficient (Wildman–Crippen LogP) is 2.55. The Morgan fingerprint density at radius 3 is 2.30 bits per heavy atom. The third-order valence-electron chi connectivity index (χ3n) is 4.49. The maximum Gasteiger partial charge on any atom is 0.319 e. The van der Waals surface area contributed by atoms with Gasteiger partial charge < -0.3 is 24.7 Å². The highest BCUT2D eigenvalue weighted by atomic mass is 16.6. The minimum absolute atomic E-state index is 0.0336. The summed E-state index contributed by atoms with van der Waals surface area (Å²) in [6, 6.07) is 1.65. The molecule has 0 amide bonds. The van der Waals surface area contributed by atoms with Gasteiger partial charge in [-0.05, 0) is 38.5 Å². The van der Waals surface area contributed by atoms with E-state index in [-0.39, 0.29) is 54.0 Å². The molecule has 0 bridgehead atoms. The molecule has 0 aromatic heterocycles. The first kappa shape index (κ1) is 23.3. The van der Waals surface area contributed by atoms with Crippen LogP contribution in [-0.2, 0) is 14.3 Å². The van der Waals surface area contributed by atoms with Crippen LogP contribution in [-0.4, -0.2) is 51.5 Å². The molecule has 0 fully saturated rings. The molecule has 0 radical (unpaired) electrons. The Bertz CT molecular complexity index is 882. The number of benzene rings is 1. The number of ether oxygens (including phenoxy) is 4. The average Bonchev–Trinajstić information content (AvgIpc) is 2.74. The van der Waals surface area contributed by atoms with Crippen molar-refractivity contribution in [1.82, 2.24) is 0 Å². The van der Waals surface area contributed by atoms with Gasteiger partial charge in [-0.3, -0.25) is 14.4 Å². The van der Waals surface area contributed by atoms with Gasteiger partial charge in [0.25, 0.3) is 0 Å². The molecule has 1 aliphatic carbocycles. The van der Waals surface area contributed by atoms with E-state index in [4.69, 9.17) is 24.7 Å². The van der Waals surface area contributed by atoms with Gasteiger partial charge in [-0.15, -0.1) is 0 Å². The first-order chi connectivity index (χ1) is 14.3. The Morgan fingerprint density at radius 1 is 1.07 bits per heavy atom. The Labute approximate surface area is 175 Å². The molecule has 0 heterocycles. The lowest BCUT2D eigenvalue weighted by Gasteiger charge is -2.24. The number of rotatable bonds is 10. The van der Waals surface area contributed by atoms with Crippen LogP contribution in [0.15, 0.2) is 29.9 Å². The quantitative estimate of drug-likeness (QED) is 0.351. The third kappa shape index (κ3) is 5.34. The predicted molar refractivity (Wildman–Crippen MR) is 110 cm³/mol. The second-order valence-electron chi connectivity index (χ2n) is 6.81. The monoisotopic (exact) mass is 417 g/mol. The van der Waals surface area contributed by atoms with Crippen LogP contribution in [0.25, 0.3) is 0 Å². The number of ketones is 2. The Hall–Kier alpha value is -2.97. The van der Waals surface area contributed by atoms with Gasteiger partial charge in [0.2, 0.25) is 0 Å². The maximum absolute atomic E-state index is 12.6. The SMILES string of the molecule is COc1cc(C(CC=C(C)C)OCCOC(=O)CN)c(OC)c2c1C(=O)C=CC2=O. The number of methoxy groups -OCH3 is 2. The summed E-state index contributed by atoms with van der Waals surface area (Å²) in [6.45, 7) is 3.85. The first-order valence-corrected chi connectivity index (χ1v) is 9.50. The topological polar surface area (TPSA) is 114 Å². The van der Waals surface area contributed by atoms with Crippen LogP contribution in [0.1, 0.15) is 52.7 Å². The van der Waals surface area contributed by atoms with Crippen molar-refractivity contribution in [1.29, 1.82) is 0 Å². The van der Waals surface area contributed by atoms with E-state index in [0.29, 0.717) is 12.0 Å². The molecule has 1 aromatic rings. The summed E-state index contributed by atoms with van der Waals surface area (Å²) >= 11 is 0. The van der Waals surface area contributed by atoms with Crippen LogP contribution in [0.4, 0.5) is 0 Å². The van der Waals surface area contributed by atoms with Crippen molar-refractivity contribution in [3.8, 4) is 11.5 Å². The minimum atomic E-state index is -0.528. The fourth-order valence-electron chi connectivity index (χ4n) is 3.11. The Kier molecular flexibility index (Phi) is 8.32. The molecule has 1 aromatic carbocycles. The number of esters is 1. The summed E-state index contributed by atoms with van der Waals surface area (Å²) in [7, 11) is 2.86. The number of carbonyl (C=O) groups is 3. The van der Waals surface area contributed by atoms with E-state index in [1.54, 1.807) is 6.07 Å². The van der Waals surface area contributed by atoms with Gasteiger partial charge in [0, 0.05) is 5.56 Å². The second-order valence-corrected chi connectivity index (χ2v) is 6.81. The highest BCUT2D eigenvalue weighted by Crippen LogP contribution is 2.42. The van der Waals surface area contributed by atoms with Gasteiger partial charge in [0.1, 0.15) is 18.1 Å². The van der Waals surface area contributed by atoms with E-state index in [9.17, 15) is 14.4 Å². The highest BCUT2D eigenvalue weighted by molar-refractivity contribution is 6.24. The lowest BCUT2D eigenvalue weighted by molar-refractivity contribution is -0.144. The number of nitrogens with two attached hydrogens (primary N) is 1. The standard InChI is InChI=1S/C22H27NO7/c1-13(2)5-8-17(29-9-10-30-19(26)12-23)14-11-18(27-3)20-15(24)6-7-16(25)21(20)22(14)28-4/h5-7,11,17H,8-10,12,23H2,1-4H3. The third-order valence-corrected chi connectivity index (χ3v) is 4.49. The van der Waals surface area contributed by atoms with Gasteiger partial charge >= 0.3 is 5.97 Å². The molecule has 162 valence electrons. The highest BCUT2D eigenvalue weighted by Gasteiger charge is 2.32. The van der Waals surface area contributed by atoms with Crippen LogP contribution in [0.3, 0.4) is 0 Å². The summed E-state index contributed by atoms with van der Waals surface area (Å²) in [5, 5.41) is 0. The molecule has 1 atom stereocenters. The minimum Gasteiger partial charge on any atom is -0.496 e. The van der Waals surface area contributed by atoms with Crippen molar-refractivity contribution in [2.45, 2.75) is 26.4 Å². The molecule has 1 aliphatic rings. The van der Waals surface area contributed by atoms with Crippen molar-refractivity contribution in [3.63, 3.8) is 0 Å². The summed E-state index contributed by atoms with van der Waals surface area (Å²) in [6.07, 6.45) is 4.36. The van der Waals surface area contributed by atoms with Gasteiger partial charge in [-0.1, -0.05) is 11.6 Å². The zero-order chi connectivity index (χ0) is 22.3. The van der Waals surface area contributed by atoms with Crippen LogP contribution < -0.4 is 15.2 Å². The summed E-state index contributed by atoms with van der Waals surface area (Å²) in [4.78, 5) is 36.2. The fraction of sp³-hybridized carbons (Fsp3) is 0.409. The summed E-state index contributed by atoms with van der Waals surface area (Å²) in [5.74, 6) is -0.673. The van der Waals surface area contributed by atoms with E-state index in [0.717, 1.165) is 5.57 Å². The first-order valence-electron chi connectivity index (χ1n) is 9.50. The number of hydrogen-bond acceptors (Lipinski definition) is 8. The molecule has 2 rings (SSSR count). The van der Waals surface area contributed by atoms with E-state index in [2.05, 4.69) is 0 Å². The van der Waals surface area contributed by atoms with Gasteiger partial charge in [0.05, 0.1) is 44.6 Å². The molecule has 0 aliphatic heterocycles. The van der Waals surface area contributed by atoms with E-state index < -0.39 is 12.1 Å². The molecular formula is C22H27NO7. The van der Waals surface area contributed by atoms with E-state index in [1.165, 1.54) is 26.4 Å². The summed E-state index contributed by atoms with van der Waals surface area (Å²) in [5.41, 5.74) is 7.19. The summed E-state index contributed by atoms with van der Waals surface area (Å²) < 4.78 is 21.9. The molecule has 30 heavy (non-hydrogen) atoms. The van der Waals surface area contributed by atoms with E-state index in [1.807, 2.05) is 19.9 Å². The van der Waals surface area contributed by atoms with Crippen LogP contribution in [0, 0.1) is 0 Å². The zero-order valence-electron chi connectivity index (χ0n) is 17.7. The van der Waals surface area contributed by atoms with Crippen LogP contribution in [0.5, 0.6) is 11.5 Å². The largest absolute Gasteiger partial charge is 0.496 e. The van der Waals surface area contributed by atoms with Crippen molar-refractivity contribution < 1.29 is 33.3 Å². The van der Waals surface area contributed by atoms with Gasteiger partial charge in [-0.25, -0.2) is 0 Å². The Morgan fingerprint density at radius 2 is 1.73 bits per heavy atom. The molecule has 1 unspecified atom stereocenters. The molecular weight excluding hydrogens is 390 g/mol. The van der Waals surface area contributed by atoms with Crippen molar-refractivity contribution in [2.24, 2.45) is 5.73 Å². The van der Waals surface area contributed by atoms with Gasteiger partial charge in [0.15, 0.2) is 11.6 Å². The molecule has 0 saturated carbocycles. The van der Waals surface area contributed by atoms with Gasteiger partial charge in [-0.2, -0.15) is 0 Å². The smallest absolute Gasteiger partial charge is 0.319 e. The number of carbonyl (C=O) groups excluding carboxylic acids is 3. The Balaban J connectivity index is 2.47.